The monoisotopic (exact) mass is 280 g/mol. The molecule has 0 saturated heterocycles. The van der Waals surface area contributed by atoms with Gasteiger partial charge in [0.1, 0.15) is 11.5 Å². The molecule has 0 radical (unpaired) electrons. The van der Waals surface area contributed by atoms with E-state index in [4.69, 9.17) is 16.7 Å². The molecule has 1 aromatic carbocycles. The second kappa shape index (κ2) is 5.11. The van der Waals surface area contributed by atoms with Crippen LogP contribution in [0.4, 0.5) is 4.39 Å². The summed E-state index contributed by atoms with van der Waals surface area (Å²) in [6.07, 6.45) is 2.29. The van der Waals surface area contributed by atoms with Crippen LogP contribution in [0.25, 0.3) is 0 Å². The molecule has 1 heterocycles. The summed E-state index contributed by atoms with van der Waals surface area (Å²) in [5, 5.41) is 9.07. The van der Waals surface area contributed by atoms with Crippen molar-refractivity contribution in [3.8, 4) is 0 Å². The van der Waals surface area contributed by atoms with Crippen molar-refractivity contribution in [2.45, 2.75) is 0 Å². The van der Waals surface area contributed by atoms with E-state index < -0.39 is 29.0 Å². The van der Waals surface area contributed by atoms with E-state index in [-0.39, 0.29) is 10.6 Å². The lowest BCUT2D eigenvalue weighted by molar-refractivity contribution is 0.0685. The predicted molar refractivity (Wildman–Crippen MR) is 63.8 cm³/mol. The molecule has 5 nitrogen and oxygen atoms in total. The average molecular weight is 281 g/mol. The zero-order chi connectivity index (χ0) is 14.0. The number of hydrogen-bond acceptors (Lipinski definition) is 4. The largest absolute Gasteiger partial charge is 0.476 e. The summed E-state index contributed by atoms with van der Waals surface area (Å²) < 4.78 is 13.6. The summed E-state index contributed by atoms with van der Waals surface area (Å²) in [4.78, 5) is 30.2. The summed E-state index contributed by atoms with van der Waals surface area (Å²) in [5.74, 6) is -3.11. The van der Waals surface area contributed by atoms with Crippen molar-refractivity contribution < 1.29 is 19.1 Å². The highest BCUT2D eigenvalue weighted by molar-refractivity contribution is 6.31. The molecule has 19 heavy (non-hydrogen) atoms. The molecule has 0 aliphatic carbocycles. The van der Waals surface area contributed by atoms with Gasteiger partial charge in [-0.1, -0.05) is 11.6 Å². The van der Waals surface area contributed by atoms with Crippen LogP contribution in [0.2, 0.25) is 5.02 Å². The molecular formula is C12H6ClFN2O3. The Hall–Kier alpha value is -2.34. The van der Waals surface area contributed by atoms with Crippen LogP contribution in [0, 0.1) is 5.82 Å². The first-order valence-corrected chi connectivity index (χ1v) is 5.42. The van der Waals surface area contributed by atoms with Gasteiger partial charge in [-0.05, 0) is 18.2 Å². The number of nitrogens with zero attached hydrogens (tertiary/aromatic N) is 2. The Morgan fingerprint density at radius 3 is 2.42 bits per heavy atom. The molecule has 0 spiro atoms. The summed E-state index contributed by atoms with van der Waals surface area (Å²) in [6.45, 7) is 0. The molecule has 96 valence electrons. The van der Waals surface area contributed by atoms with Crippen molar-refractivity contribution >= 4 is 23.4 Å². The normalized spacial score (nSPS) is 10.2. The molecule has 0 fully saturated rings. The fourth-order valence-electron chi connectivity index (χ4n) is 1.46. The first-order chi connectivity index (χ1) is 9.00. The molecular weight excluding hydrogens is 275 g/mol. The van der Waals surface area contributed by atoms with Crippen LogP contribution in [-0.4, -0.2) is 26.8 Å². The Morgan fingerprint density at radius 2 is 1.79 bits per heavy atom. The van der Waals surface area contributed by atoms with Crippen LogP contribution >= 0.6 is 11.6 Å². The van der Waals surface area contributed by atoms with Crippen molar-refractivity contribution in [3.05, 3.63) is 58.4 Å². The highest BCUT2D eigenvalue weighted by Crippen LogP contribution is 2.18. The van der Waals surface area contributed by atoms with Gasteiger partial charge in [0.25, 0.3) is 0 Å². The molecule has 0 aliphatic rings. The maximum Gasteiger partial charge on any atom is 0.356 e. The molecule has 1 N–H and O–H groups in total. The van der Waals surface area contributed by atoms with Crippen molar-refractivity contribution in [1.82, 2.24) is 9.97 Å². The smallest absolute Gasteiger partial charge is 0.356 e. The third-order valence-corrected chi connectivity index (χ3v) is 2.52. The van der Waals surface area contributed by atoms with Gasteiger partial charge in [0.2, 0.25) is 5.78 Å². The van der Waals surface area contributed by atoms with Crippen LogP contribution in [0.3, 0.4) is 0 Å². The Labute approximate surface area is 111 Å². The van der Waals surface area contributed by atoms with Crippen LogP contribution in [0.5, 0.6) is 0 Å². The number of rotatable bonds is 3. The summed E-state index contributed by atoms with van der Waals surface area (Å²) in [5.41, 5.74) is -1.32. The number of benzene rings is 1. The number of aromatic nitrogens is 2. The molecule has 0 saturated carbocycles. The number of carboxylic acids is 1. The van der Waals surface area contributed by atoms with Gasteiger partial charge in [0, 0.05) is 17.4 Å². The number of aromatic carboxylic acids is 1. The third-order valence-electron chi connectivity index (χ3n) is 2.29. The second-order valence-electron chi connectivity index (χ2n) is 3.51. The molecule has 2 aromatic rings. The predicted octanol–water partition coefficient (Wildman–Crippen LogP) is 2.20. The minimum atomic E-state index is -1.42. The highest BCUT2D eigenvalue weighted by atomic mass is 35.5. The van der Waals surface area contributed by atoms with E-state index in [1.165, 1.54) is 6.07 Å². The standard InChI is InChI=1S/C12H6ClFN2O3/c13-6-1-2-8(14)7(5-6)11(17)9-10(12(18)19)16-4-3-15-9/h1-5H,(H,18,19). The minimum Gasteiger partial charge on any atom is -0.476 e. The number of ketones is 1. The first kappa shape index (κ1) is 13.1. The fourth-order valence-corrected chi connectivity index (χ4v) is 1.63. The van der Waals surface area contributed by atoms with E-state index in [0.717, 1.165) is 24.5 Å². The molecule has 0 bridgehead atoms. The molecule has 0 atom stereocenters. The van der Waals surface area contributed by atoms with Gasteiger partial charge in [0.15, 0.2) is 5.69 Å². The van der Waals surface area contributed by atoms with Crippen molar-refractivity contribution in [2.24, 2.45) is 0 Å². The van der Waals surface area contributed by atoms with Gasteiger partial charge in [-0.25, -0.2) is 19.2 Å². The number of carbonyl (C=O) groups is 2. The lowest BCUT2D eigenvalue weighted by Gasteiger charge is -2.04. The zero-order valence-electron chi connectivity index (χ0n) is 9.30. The molecule has 0 aliphatic heterocycles. The van der Waals surface area contributed by atoms with E-state index in [0.29, 0.717) is 0 Å². The summed E-state index contributed by atoms with van der Waals surface area (Å²) in [7, 11) is 0. The van der Waals surface area contributed by atoms with Crippen molar-refractivity contribution in [1.29, 1.82) is 0 Å². The molecule has 0 unspecified atom stereocenters. The van der Waals surface area contributed by atoms with Crippen LogP contribution < -0.4 is 0 Å². The van der Waals surface area contributed by atoms with Crippen LogP contribution in [0.1, 0.15) is 26.5 Å². The van der Waals surface area contributed by atoms with Gasteiger partial charge < -0.3 is 5.11 Å². The van der Waals surface area contributed by atoms with Gasteiger partial charge in [0.05, 0.1) is 5.56 Å². The Kier molecular flexibility index (Phi) is 3.52. The first-order valence-electron chi connectivity index (χ1n) is 5.04. The van der Waals surface area contributed by atoms with Crippen molar-refractivity contribution in [2.75, 3.05) is 0 Å². The Morgan fingerprint density at radius 1 is 1.16 bits per heavy atom. The van der Waals surface area contributed by atoms with E-state index in [1.807, 2.05) is 0 Å². The Bertz CT molecular complexity index is 676. The number of carbonyl (C=O) groups excluding carboxylic acids is 1. The lowest BCUT2D eigenvalue weighted by Crippen LogP contribution is -2.14. The summed E-state index contributed by atoms with van der Waals surface area (Å²) >= 11 is 5.68. The fraction of sp³-hybridized carbons (Fsp3) is 0. The maximum atomic E-state index is 13.6. The molecule has 0 amide bonds. The minimum absolute atomic E-state index is 0.158. The lowest BCUT2D eigenvalue weighted by atomic mass is 10.1. The quantitative estimate of drug-likeness (QED) is 0.872. The molecule has 2 rings (SSSR count). The van der Waals surface area contributed by atoms with Crippen LogP contribution in [0.15, 0.2) is 30.6 Å². The third kappa shape index (κ3) is 2.58. The average Bonchev–Trinajstić information content (AvgIpc) is 2.40. The van der Waals surface area contributed by atoms with E-state index >= 15 is 0 Å². The number of carboxylic acid groups (broad SMARTS) is 1. The molecule has 7 heteroatoms. The maximum absolute atomic E-state index is 13.6. The zero-order valence-corrected chi connectivity index (χ0v) is 10.1. The highest BCUT2D eigenvalue weighted by Gasteiger charge is 2.23. The SMILES string of the molecule is O=C(O)c1nccnc1C(=O)c1cc(Cl)ccc1F. The number of halogens is 2. The summed E-state index contributed by atoms with van der Waals surface area (Å²) in [6, 6.07) is 3.41. The van der Waals surface area contributed by atoms with Gasteiger partial charge >= 0.3 is 5.97 Å². The van der Waals surface area contributed by atoms with Crippen molar-refractivity contribution in [3.63, 3.8) is 0 Å². The van der Waals surface area contributed by atoms with E-state index in [9.17, 15) is 14.0 Å². The van der Waals surface area contributed by atoms with Crippen LogP contribution in [-0.2, 0) is 0 Å². The topological polar surface area (TPSA) is 80.2 Å². The van der Waals surface area contributed by atoms with E-state index in [1.54, 1.807) is 0 Å². The molecule has 1 aromatic heterocycles. The Balaban J connectivity index is 2.56. The van der Waals surface area contributed by atoms with Gasteiger partial charge in [-0.2, -0.15) is 0 Å². The van der Waals surface area contributed by atoms with Gasteiger partial charge in [-0.3, -0.25) is 4.79 Å². The second-order valence-corrected chi connectivity index (χ2v) is 3.95. The van der Waals surface area contributed by atoms with Gasteiger partial charge in [-0.15, -0.1) is 0 Å². The van der Waals surface area contributed by atoms with E-state index in [2.05, 4.69) is 9.97 Å². The number of hydrogen-bond donors (Lipinski definition) is 1.